The summed E-state index contributed by atoms with van der Waals surface area (Å²) in [5, 5.41) is 9.99. The van der Waals surface area contributed by atoms with Gasteiger partial charge in [0.25, 0.3) is 0 Å². The average molecular weight is 171 g/mol. The molecule has 0 spiro atoms. The van der Waals surface area contributed by atoms with Crippen molar-refractivity contribution < 1.29 is 4.92 Å². The van der Waals surface area contributed by atoms with E-state index in [2.05, 4.69) is 6.92 Å². The predicted molar refractivity (Wildman–Crippen MR) is 49.8 cm³/mol. The number of hydrogen-bond donors (Lipinski definition) is 0. The molecule has 0 radical (unpaired) electrons. The van der Waals surface area contributed by atoms with Crippen molar-refractivity contribution in [2.45, 2.75) is 39.5 Å². The molecule has 0 aliphatic rings. The van der Waals surface area contributed by atoms with Crippen LogP contribution in [0.2, 0.25) is 0 Å². The summed E-state index contributed by atoms with van der Waals surface area (Å²) in [6.07, 6.45) is 6.26. The van der Waals surface area contributed by atoms with Gasteiger partial charge in [0.1, 0.15) is 0 Å². The summed E-state index contributed by atoms with van der Waals surface area (Å²) in [6.45, 7) is 4.08. The van der Waals surface area contributed by atoms with Gasteiger partial charge in [-0.1, -0.05) is 25.3 Å². The Bertz CT molecular complexity index is 164. The molecule has 0 aromatic heterocycles. The molecule has 0 aromatic carbocycles. The zero-order valence-electron chi connectivity index (χ0n) is 7.88. The van der Waals surface area contributed by atoms with Crippen molar-refractivity contribution in [1.82, 2.24) is 0 Å². The number of rotatable bonds is 6. The Hall–Kier alpha value is -0.860. The first kappa shape index (κ1) is 11.1. The lowest BCUT2D eigenvalue weighted by atomic mass is 10.1. The summed E-state index contributed by atoms with van der Waals surface area (Å²) >= 11 is 0. The number of nitro groups is 1. The van der Waals surface area contributed by atoms with Gasteiger partial charge in [-0.2, -0.15) is 0 Å². The first-order valence-electron chi connectivity index (χ1n) is 4.44. The Morgan fingerprint density at radius 1 is 1.50 bits per heavy atom. The van der Waals surface area contributed by atoms with Crippen LogP contribution in [0.4, 0.5) is 0 Å². The SMILES string of the molecule is CCCCCC(C)=CC[N+](=O)[O-]. The van der Waals surface area contributed by atoms with Crippen molar-refractivity contribution in [2.75, 3.05) is 6.54 Å². The minimum Gasteiger partial charge on any atom is -0.264 e. The van der Waals surface area contributed by atoms with E-state index < -0.39 is 0 Å². The maximum Gasteiger partial charge on any atom is 0.222 e. The normalized spacial score (nSPS) is 11.7. The summed E-state index contributed by atoms with van der Waals surface area (Å²) < 4.78 is 0. The maximum absolute atomic E-state index is 9.99. The van der Waals surface area contributed by atoms with Gasteiger partial charge in [-0.25, -0.2) is 0 Å². The van der Waals surface area contributed by atoms with E-state index in [1.54, 1.807) is 6.08 Å². The molecule has 0 aliphatic heterocycles. The molecule has 0 atom stereocenters. The van der Waals surface area contributed by atoms with Gasteiger partial charge in [0.15, 0.2) is 0 Å². The molecular formula is C9H17NO2. The molecule has 3 heteroatoms. The van der Waals surface area contributed by atoms with Crippen molar-refractivity contribution in [3.05, 3.63) is 21.8 Å². The highest BCUT2D eigenvalue weighted by molar-refractivity contribution is 4.97. The Morgan fingerprint density at radius 2 is 2.17 bits per heavy atom. The van der Waals surface area contributed by atoms with E-state index in [4.69, 9.17) is 0 Å². The fourth-order valence-electron chi connectivity index (χ4n) is 0.986. The van der Waals surface area contributed by atoms with Gasteiger partial charge in [-0.15, -0.1) is 0 Å². The second-order valence-corrected chi connectivity index (χ2v) is 3.02. The van der Waals surface area contributed by atoms with Crippen molar-refractivity contribution in [1.29, 1.82) is 0 Å². The molecule has 0 rings (SSSR count). The lowest BCUT2D eigenvalue weighted by Crippen LogP contribution is -1.97. The highest BCUT2D eigenvalue weighted by atomic mass is 16.6. The monoisotopic (exact) mass is 171 g/mol. The lowest BCUT2D eigenvalue weighted by Gasteiger charge is -1.97. The summed E-state index contributed by atoms with van der Waals surface area (Å²) in [4.78, 5) is 9.69. The molecule has 0 unspecified atom stereocenters. The number of nitrogens with zero attached hydrogens (tertiary/aromatic N) is 1. The topological polar surface area (TPSA) is 43.1 Å². The largest absolute Gasteiger partial charge is 0.264 e. The fraction of sp³-hybridized carbons (Fsp3) is 0.778. The van der Waals surface area contributed by atoms with Crippen LogP contribution < -0.4 is 0 Å². The molecule has 0 fully saturated rings. The molecule has 0 aliphatic carbocycles. The second-order valence-electron chi connectivity index (χ2n) is 3.02. The van der Waals surface area contributed by atoms with E-state index in [9.17, 15) is 10.1 Å². The number of allylic oxidation sites excluding steroid dienone is 1. The first-order valence-corrected chi connectivity index (χ1v) is 4.44. The van der Waals surface area contributed by atoms with Gasteiger partial charge >= 0.3 is 0 Å². The van der Waals surface area contributed by atoms with Gasteiger partial charge in [-0.3, -0.25) is 10.1 Å². The van der Waals surface area contributed by atoms with Gasteiger partial charge in [0.2, 0.25) is 6.54 Å². The van der Waals surface area contributed by atoms with Crippen LogP contribution >= 0.6 is 0 Å². The molecule has 0 heterocycles. The molecule has 0 amide bonds. The van der Waals surface area contributed by atoms with Crippen LogP contribution in [-0.2, 0) is 0 Å². The van der Waals surface area contributed by atoms with Gasteiger partial charge in [0, 0.05) is 4.92 Å². The van der Waals surface area contributed by atoms with Gasteiger partial charge in [-0.05, 0) is 25.8 Å². The molecule has 0 saturated carbocycles. The third kappa shape index (κ3) is 7.25. The van der Waals surface area contributed by atoms with Crippen LogP contribution in [0.1, 0.15) is 39.5 Å². The second kappa shape index (κ2) is 6.83. The molecule has 0 aromatic rings. The van der Waals surface area contributed by atoms with Crippen LogP contribution in [0.3, 0.4) is 0 Å². The van der Waals surface area contributed by atoms with E-state index in [0.717, 1.165) is 18.4 Å². The van der Waals surface area contributed by atoms with Gasteiger partial charge < -0.3 is 0 Å². The third-order valence-corrected chi connectivity index (χ3v) is 1.76. The number of hydrogen-bond acceptors (Lipinski definition) is 2. The van der Waals surface area contributed by atoms with E-state index >= 15 is 0 Å². The summed E-state index contributed by atoms with van der Waals surface area (Å²) in [6, 6.07) is 0. The van der Waals surface area contributed by atoms with Crippen LogP contribution in [-0.4, -0.2) is 11.5 Å². The quantitative estimate of drug-likeness (QED) is 0.267. The van der Waals surface area contributed by atoms with Crippen LogP contribution in [0.5, 0.6) is 0 Å². The summed E-state index contributed by atoms with van der Waals surface area (Å²) in [5.41, 5.74) is 1.14. The van der Waals surface area contributed by atoms with Crippen molar-refractivity contribution in [3.63, 3.8) is 0 Å². The van der Waals surface area contributed by atoms with E-state index in [-0.39, 0.29) is 11.5 Å². The average Bonchev–Trinajstić information content (AvgIpc) is 2.01. The molecule has 12 heavy (non-hydrogen) atoms. The molecule has 3 nitrogen and oxygen atoms in total. The predicted octanol–water partition coefficient (Wildman–Crippen LogP) is 2.79. The summed E-state index contributed by atoms with van der Waals surface area (Å²) in [5.74, 6) is 0. The Labute approximate surface area is 73.6 Å². The molecule has 0 saturated heterocycles. The minimum absolute atomic E-state index is 0.0298. The van der Waals surface area contributed by atoms with E-state index in [1.165, 1.54) is 12.8 Å². The van der Waals surface area contributed by atoms with Gasteiger partial charge in [0.05, 0.1) is 0 Å². The van der Waals surface area contributed by atoms with Crippen LogP contribution in [0.15, 0.2) is 11.6 Å². The molecular weight excluding hydrogens is 154 g/mol. The van der Waals surface area contributed by atoms with Crippen LogP contribution in [0, 0.1) is 10.1 Å². The standard InChI is InChI=1S/C9H17NO2/c1-3-4-5-6-9(2)7-8-10(11)12/h7H,3-6,8H2,1-2H3. The highest BCUT2D eigenvalue weighted by Gasteiger charge is 1.94. The smallest absolute Gasteiger partial charge is 0.222 e. The minimum atomic E-state index is -0.302. The van der Waals surface area contributed by atoms with Crippen LogP contribution in [0.25, 0.3) is 0 Å². The Morgan fingerprint density at radius 3 is 2.67 bits per heavy atom. The van der Waals surface area contributed by atoms with E-state index in [0.29, 0.717) is 0 Å². The Balaban J connectivity index is 3.49. The third-order valence-electron chi connectivity index (χ3n) is 1.76. The lowest BCUT2D eigenvalue weighted by molar-refractivity contribution is -0.468. The van der Waals surface area contributed by atoms with Crippen molar-refractivity contribution in [3.8, 4) is 0 Å². The maximum atomic E-state index is 9.99. The molecule has 0 N–H and O–H groups in total. The molecule has 0 bridgehead atoms. The number of unbranched alkanes of at least 4 members (excludes halogenated alkanes) is 2. The zero-order chi connectivity index (χ0) is 9.40. The Kier molecular flexibility index (Phi) is 6.34. The zero-order valence-corrected chi connectivity index (χ0v) is 7.88. The van der Waals surface area contributed by atoms with Crippen molar-refractivity contribution >= 4 is 0 Å². The van der Waals surface area contributed by atoms with Crippen molar-refractivity contribution in [2.24, 2.45) is 0 Å². The fourth-order valence-corrected chi connectivity index (χ4v) is 0.986. The van der Waals surface area contributed by atoms with E-state index in [1.807, 2.05) is 6.92 Å². The first-order chi connectivity index (χ1) is 5.66. The molecule has 70 valence electrons. The highest BCUT2D eigenvalue weighted by Crippen LogP contribution is 2.07. The summed E-state index contributed by atoms with van der Waals surface area (Å²) in [7, 11) is 0.